The summed E-state index contributed by atoms with van der Waals surface area (Å²) in [4.78, 5) is 5.72. The number of piperidine rings is 1. The topological polar surface area (TPSA) is 42.2 Å². The highest BCUT2D eigenvalue weighted by atomic mass is 19.4. The summed E-state index contributed by atoms with van der Waals surface area (Å²) in [5.41, 5.74) is 0.0391. The molecular weight excluding hydrogens is 362 g/mol. The molecule has 0 unspecified atom stereocenters. The lowest BCUT2D eigenvalue weighted by molar-refractivity contribution is -0.137. The SMILES string of the molecule is C=CC(=CC)c1nc(-c2ccc(N3CCC(F)CC3)c(C(F)(F)F)c2)no1. The molecule has 3 rings (SSSR count). The molecule has 0 radical (unpaired) electrons. The van der Waals surface area contributed by atoms with Gasteiger partial charge in [0.15, 0.2) is 0 Å². The average Bonchev–Trinajstić information content (AvgIpc) is 3.12. The Morgan fingerprint density at radius 1 is 1.30 bits per heavy atom. The molecule has 1 fully saturated rings. The fraction of sp³-hybridized carbons (Fsp3) is 0.368. The Balaban J connectivity index is 1.98. The summed E-state index contributed by atoms with van der Waals surface area (Å²) in [6.07, 6.45) is -1.83. The maximum Gasteiger partial charge on any atom is 0.418 e. The molecule has 0 N–H and O–H groups in total. The van der Waals surface area contributed by atoms with E-state index in [4.69, 9.17) is 4.52 Å². The Kier molecular flexibility index (Phi) is 5.34. The molecule has 0 amide bonds. The molecule has 1 saturated heterocycles. The van der Waals surface area contributed by atoms with Crippen molar-refractivity contribution in [2.75, 3.05) is 18.0 Å². The van der Waals surface area contributed by atoms with Crippen LogP contribution in [0.15, 0.2) is 41.5 Å². The number of benzene rings is 1. The predicted molar refractivity (Wildman–Crippen MR) is 94.9 cm³/mol. The Morgan fingerprint density at radius 2 is 2.00 bits per heavy atom. The van der Waals surface area contributed by atoms with Gasteiger partial charge in [-0.05, 0) is 38.0 Å². The molecule has 1 aromatic heterocycles. The van der Waals surface area contributed by atoms with Gasteiger partial charge < -0.3 is 9.42 Å². The largest absolute Gasteiger partial charge is 0.418 e. The van der Waals surface area contributed by atoms with Gasteiger partial charge in [-0.2, -0.15) is 18.2 Å². The maximum absolute atomic E-state index is 13.6. The Bertz CT molecular complexity index is 849. The van der Waals surface area contributed by atoms with Gasteiger partial charge in [0.25, 0.3) is 5.89 Å². The van der Waals surface area contributed by atoms with Crippen LogP contribution in [0.5, 0.6) is 0 Å². The van der Waals surface area contributed by atoms with Crippen LogP contribution in [0.25, 0.3) is 17.0 Å². The van der Waals surface area contributed by atoms with Crippen molar-refractivity contribution in [2.24, 2.45) is 0 Å². The molecule has 0 spiro atoms. The van der Waals surface area contributed by atoms with Gasteiger partial charge in [0.2, 0.25) is 5.82 Å². The number of aromatic nitrogens is 2. The minimum absolute atomic E-state index is 0.0436. The third kappa shape index (κ3) is 4.04. The molecule has 0 saturated carbocycles. The second-order valence-electron chi connectivity index (χ2n) is 6.26. The number of alkyl halides is 4. The van der Waals surface area contributed by atoms with E-state index in [1.807, 2.05) is 0 Å². The van der Waals surface area contributed by atoms with E-state index in [0.29, 0.717) is 5.57 Å². The number of hydrogen-bond donors (Lipinski definition) is 0. The average molecular weight is 381 g/mol. The van der Waals surface area contributed by atoms with Crippen LogP contribution >= 0.6 is 0 Å². The lowest BCUT2D eigenvalue weighted by atomic mass is 10.0. The van der Waals surface area contributed by atoms with Gasteiger partial charge in [-0.1, -0.05) is 23.9 Å². The molecule has 1 aromatic carbocycles. The number of allylic oxidation sites excluding steroid dienone is 3. The van der Waals surface area contributed by atoms with Crippen LogP contribution in [-0.4, -0.2) is 29.4 Å². The number of rotatable bonds is 4. The molecule has 27 heavy (non-hydrogen) atoms. The quantitative estimate of drug-likeness (QED) is 0.534. The second kappa shape index (κ2) is 7.54. The van der Waals surface area contributed by atoms with Crippen LogP contribution < -0.4 is 4.90 Å². The van der Waals surface area contributed by atoms with E-state index in [1.54, 1.807) is 17.9 Å². The number of anilines is 1. The highest BCUT2D eigenvalue weighted by molar-refractivity contribution is 5.70. The second-order valence-corrected chi connectivity index (χ2v) is 6.26. The van der Waals surface area contributed by atoms with Gasteiger partial charge in [0.1, 0.15) is 6.17 Å². The van der Waals surface area contributed by atoms with Gasteiger partial charge in [-0.15, -0.1) is 0 Å². The van der Waals surface area contributed by atoms with Crippen molar-refractivity contribution in [3.8, 4) is 11.4 Å². The molecule has 4 nitrogen and oxygen atoms in total. The molecule has 2 aromatic rings. The van der Waals surface area contributed by atoms with Crippen molar-refractivity contribution in [1.82, 2.24) is 10.1 Å². The molecule has 0 atom stereocenters. The lowest BCUT2D eigenvalue weighted by Gasteiger charge is -2.32. The summed E-state index contributed by atoms with van der Waals surface area (Å²) in [5.74, 6) is 0.246. The van der Waals surface area contributed by atoms with Crippen LogP contribution in [0, 0.1) is 0 Å². The molecule has 0 aliphatic carbocycles. The van der Waals surface area contributed by atoms with E-state index in [2.05, 4.69) is 16.7 Å². The van der Waals surface area contributed by atoms with E-state index in [-0.39, 0.29) is 48.9 Å². The van der Waals surface area contributed by atoms with E-state index in [1.165, 1.54) is 18.2 Å². The van der Waals surface area contributed by atoms with Crippen molar-refractivity contribution in [2.45, 2.75) is 32.1 Å². The van der Waals surface area contributed by atoms with Gasteiger partial charge in [-0.25, -0.2) is 4.39 Å². The fourth-order valence-corrected chi connectivity index (χ4v) is 3.05. The molecule has 1 aliphatic heterocycles. The van der Waals surface area contributed by atoms with Crippen molar-refractivity contribution in [3.05, 3.63) is 48.4 Å². The highest BCUT2D eigenvalue weighted by Crippen LogP contribution is 2.39. The first-order chi connectivity index (χ1) is 12.8. The van der Waals surface area contributed by atoms with E-state index >= 15 is 0 Å². The van der Waals surface area contributed by atoms with Crippen LogP contribution in [0.2, 0.25) is 0 Å². The Morgan fingerprint density at radius 3 is 2.59 bits per heavy atom. The van der Waals surface area contributed by atoms with Gasteiger partial charge in [0.05, 0.1) is 5.56 Å². The predicted octanol–water partition coefficient (Wildman–Crippen LogP) is 5.28. The highest BCUT2D eigenvalue weighted by Gasteiger charge is 2.36. The summed E-state index contributed by atoms with van der Waals surface area (Å²) in [6, 6.07) is 3.91. The minimum atomic E-state index is -4.56. The zero-order valence-corrected chi connectivity index (χ0v) is 14.8. The number of hydrogen-bond acceptors (Lipinski definition) is 4. The number of halogens is 4. The normalized spacial score (nSPS) is 16.6. The fourth-order valence-electron chi connectivity index (χ4n) is 3.05. The van der Waals surface area contributed by atoms with Crippen LogP contribution in [0.4, 0.5) is 23.2 Å². The van der Waals surface area contributed by atoms with E-state index in [0.717, 1.165) is 6.07 Å². The summed E-state index contributed by atoms with van der Waals surface area (Å²) in [7, 11) is 0. The minimum Gasteiger partial charge on any atom is -0.371 e. The summed E-state index contributed by atoms with van der Waals surface area (Å²) in [5, 5.41) is 3.77. The zero-order valence-electron chi connectivity index (χ0n) is 14.8. The third-order valence-electron chi connectivity index (χ3n) is 4.53. The smallest absolute Gasteiger partial charge is 0.371 e. The van der Waals surface area contributed by atoms with Crippen molar-refractivity contribution in [3.63, 3.8) is 0 Å². The van der Waals surface area contributed by atoms with Crippen LogP contribution in [0.1, 0.15) is 31.2 Å². The standard InChI is InChI=1S/C19H19F4N3O/c1-3-12(4-2)18-24-17(25-27-18)13-5-6-16(15(11-13)19(21,22)23)26-9-7-14(20)8-10-26/h3-6,11,14H,1,7-10H2,2H3. The third-order valence-corrected chi connectivity index (χ3v) is 4.53. The van der Waals surface area contributed by atoms with Gasteiger partial charge in [-0.3, -0.25) is 0 Å². The summed E-state index contributed by atoms with van der Waals surface area (Å²) < 4.78 is 59.3. The molecule has 0 bridgehead atoms. The first-order valence-corrected chi connectivity index (χ1v) is 8.57. The Hall–Kier alpha value is -2.64. The molecular formula is C19H19F4N3O. The first kappa shape index (κ1) is 19.1. The van der Waals surface area contributed by atoms with Gasteiger partial charge in [0, 0.05) is 29.9 Å². The van der Waals surface area contributed by atoms with E-state index < -0.39 is 17.9 Å². The van der Waals surface area contributed by atoms with Gasteiger partial charge >= 0.3 is 6.18 Å². The van der Waals surface area contributed by atoms with Crippen molar-refractivity contribution < 1.29 is 22.1 Å². The van der Waals surface area contributed by atoms with Crippen LogP contribution in [-0.2, 0) is 6.18 Å². The van der Waals surface area contributed by atoms with Crippen molar-refractivity contribution in [1.29, 1.82) is 0 Å². The summed E-state index contributed by atoms with van der Waals surface area (Å²) in [6.45, 7) is 5.89. The zero-order chi connectivity index (χ0) is 19.6. The molecule has 8 heteroatoms. The monoisotopic (exact) mass is 381 g/mol. The first-order valence-electron chi connectivity index (χ1n) is 8.57. The van der Waals surface area contributed by atoms with E-state index in [9.17, 15) is 17.6 Å². The van der Waals surface area contributed by atoms with Crippen molar-refractivity contribution >= 4 is 11.3 Å². The molecule has 2 heterocycles. The lowest BCUT2D eigenvalue weighted by Crippen LogP contribution is -2.35. The molecule has 144 valence electrons. The van der Waals surface area contributed by atoms with Crippen LogP contribution in [0.3, 0.4) is 0 Å². The Labute approximate surface area is 154 Å². The maximum atomic E-state index is 13.6. The molecule has 1 aliphatic rings. The number of nitrogens with zero attached hydrogens (tertiary/aromatic N) is 3. The summed E-state index contributed by atoms with van der Waals surface area (Å²) >= 11 is 0.